The van der Waals surface area contributed by atoms with Crippen molar-refractivity contribution in [2.45, 2.75) is 46.5 Å². The van der Waals surface area contributed by atoms with Crippen LogP contribution in [0.3, 0.4) is 0 Å². The molecular formula is C25H34N5O+. The van der Waals surface area contributed by atoms with E-state index in [0.29, 0.717) is 17.8 Å². The first-order valence-electron chi connectivity index (χ1n) is 11.5. The lowest BCUT2D eigenvalue weighted by molar-refractivity contribution is -0.908. The van der Waals surface area contributed by atoms with Gasteiger partial charge in [-0.05, 0) is 37.8 Å². The molecule has 3 aromatic rings. The molecule has 0 saturated carbocycles. The van der Waals surface area contributed by atoms with Crippen molar-refractivity contribution >= 4 is 11.6 Å². The average Bonchev–Trinajstić information content (AvgIpc) is 3.19. The Labute approximate surface area is 184 Å². The molecule has 6 nitrogen and oxygen atoms in total. The van der Waals surface area contributed by atoms with Crippen LogP contribution in [0.5, 0.6) is 0 Å². The summed E-state index contributed by atoms with van der Waals surface area (Å²) in [5.74, 6) is 0.737. The molecule has 0 aliphatic carbocycles. The SMILES string of the molecule is Cc1nc2c(C(=O)NCCC[NH+]3CCCC(C)C3)cnn2c(C)c1Cc1ccccc1. The number of hydrogen-bond acceptors (Lipinski definition) is 3. The van der Waals surface area contributed by atoms with E-state index in [4.69, 9.17) is 4.98 Å². The van der Waals surface area contributed by atoms with Gasteiger partial charge in [0.05, 0.1) is 25.8 Å². The first-order valence-corrected chi connectivity index (χ1v) is 11.5. The number of amides is 1. The van der Waals surface area contributed by atoms with Crippen LogP contribution in [-0.4, -0.2) is 46.7 Å². The maximum absolute atomic E-state index is 12.8. The third kappa shape index (κ3) is 4.96. The zero-order chi connectivity index (χ0) is 21.8. The van der Waals surface area contributed by atoms with Gasteiger partial charge in [-0.3, -0.25) is 4.79 Å². The first-order chi connectivity index (χ1) is 15.0. The number of hydrogen-bond donors (Lipinski definition) is 2. The van der Waals surface area contributed by atoms with Crippen LogP contribution >= 0.6 is 0 Å². The Balaban J connectivity index is 1.41. The number of nitrogens with zero attached hydrogens (tertiary/aromatic N) is 3. The standard InChI is InChI=1S/C25H33N5O/c1-18-9-7-13-29(17-18)14-8-12-26-25(31)23-16-27-30-20(3)22(19(2)28-24(23)30)15-21-10-5-4-6-11-21/h4-6,10-11,16,18H,7-9,12-15,17H2,1-3H3,(H,26,31)/p+1. The zero-order valence-corrected chi connectivity index (χ0v) is 18.9. The topological polar surface area (TPSA) is 63.7 Å². The van der Waals surface area contributed by atoms with Gasteiger partial charge in [-0.1, -0.05) is 37.3 Å². The van der Waals surface area contributed by atoms with Gasteiger partial charge in [0, 0.05) is 36.7 Å². The number of likely N-dealkylation sites (tertiary alicyclic amines) is 1. The highest BCUT2D eigenvalue weighted by atomic mass is 16.1. The summed E-state index contributed by atoms with van der Waals surface area (Å²) in [7, 11) is 0. The van der Waals surface area contributed by atoms with Crippen molar-refractivity contribution in [2.75, 3.05) is 26.2 Å². The Bertz CT molecular complexity index is 1040. The number of rotatable bonds is 7. The molecule has 0 radical (unpaired) electrons. The molecule has 164 valence electrons. The van der Waals surface area contributed by atoms with Crippen molar-refractivity contribution in [1.82, 2.24) is 19.9 Å². The average molecular weight is 421 g/mol. The van der Waals surface area contributed by atoms with Gasteiger partial charge in [-0.25, -0.2) is 9.50 Å². The van der Waals surface area contributed by atoms with E-state index in [9.17, 15) is 4.79 Å². The number of aromatic nitrogens is 3. The largest absolute Gasteiger partial charge is 0.352 e. The Morgan fingerprint density at radius 1 is 1.26 bits per heavy atom. The molecule has 1 saturated heterocycles. The minimum Gasteiger partial charge on any atom is -0.352 e. The minimum atomic E-state index is -0.0841. The van der Waals surface area contributed by atoms with E-state index in [1.54, 1.807) is 15.6 Å². The summed E-state index contributed by atoms with van der Waals surface area (Å²) in [5.41, 5.74) is 5.58. The molecule has 31 heavy (non-hydrogen) atoms. The summed E-state index contributed by atoms with van der Waals surface area (Å²) < 4.78 is 1.81. The van der Waals surface area contributed by atoms with E-state index in [1.165, 1.54) is 31.5 Å². The Morgan fingerprint density at radius 2 is 2.06 bits per heavy atom. The smallest absolute Gasteiger partial charge is 0.256 e. The van der Waals surface area contributed by atoms with Crippen LogP contribution < -0.4 is 10.2 Å². The molecule has 1 aromatic carbocycles. The van der Waals surface area contributed by atoms with Crippen LogP contribution in [0.15, 0.2) is 36.5 Å². The fourth-order valence-electron chi connectivity index (χ4n) is 4.79. The maximum Gasteiger partial charge on any atom is 0.256 e. The van der Waals surface area contributed by atoms with E-state index in [1.807, 2.05) is 13.0 Å². The summed E-state index contributed by atoms with van der Waals surface area (Å²) >= 11 is 0. The molecular weight excluding hydrogens is 386 g/mol. The van der Waals surface area contributed by atoms with Crippen LogP contribution in [0.1, 0.15) is 59.1 Å². The quantitative estimate of drug-likeness (QED) is 0.577. The number of piperidine rings is 1. The Kier molecular flexibility index (Phi) is 6.66. The maximum atomic E-state index is 12.8. The predicted molar refractivity (Wildman–Crippen MR) is 123 cm³/mol. The molecule has 0 spiro atoms. The first kappa shape index (κ1) is 21.5. The Hall–Kier alpha value is -2.73. The highest BCUT2D eigenvalue weighted by Crippen LogP contribution is 2.20. The van der Waals surface area contributed by atoms with Crippen molar-refractivity contribution in [3.8, 4) is 0 Å². The van der Waals surface area contributed by atoms with Gasteiger partial charge in [-0.2, -0.15) is 5.10 Å². The monoisotopic (exact) mass is 420 g/mol. The van der Waals surface area contributed by atoms with Crippen molar-refractivity contribution in [2.24, 2.45) is 5.92 Å². The number of benzene rings is 1. The normalized spacial score (nSPS) is 18.9. The number of aryl methyl sites for hydroxylation is 2. The summed E-state index contributed by atoms with van der Waals surface area (Å²) in [5, 5.41) is 7.56. The number of nitrogens with one attached hydrogen (secondary N) is 2. The fraction of sp³-hybridized carbons (Fsp3) is 0.480. The third-order valence-corrected chi connectivity index (χ3v) is 6.53. The number of quaternary nitrogens is 1. The second kappa shape index (κ2) is 9.60. The third-order valence-electron chi connectivity index (χ3n) is 6.53. The van der Waals surface area contributed by atoms with Gasteiger partial charge in [0.15, 0.2) is 5.65 Å². The molecule has 2 unspecified atom stereocenters. The Morgan fingerprint density at radius 3 is 2.84 bits per heavy atom. The van der Waals surface area contributed by atoms with E-state index < -0.39 is 0 Å². The number of fused-ring (bicyclic) bond motifs is 1. The second-order valence-electron chi connectivity index (χ2n) is 9.03. The molecule has 2 N–H and O–H groups in total. The molecule has 1 aliphatic rings. The van der Waals surface area contributed by atoms with Crippen molar-refractivity contribution < 1.29 is 9.69 Å². The summed E-state index contributed by atoms with van der Waals surface area (Å²) in [6.45, 7) is 10.8. The van der Waals surface area contributed by atoms with Crippen molar-refractivity contribution in [3.05, 3.63) is 64.6 Å². The lowest BCUT2D eigenvalue weighted by Gasteiger charge is -2.27. The lowest BCUT2D eigenvalue weighted by atomic mass is 10.0. The van der Waals surface area contributed by atoms with Gasteiger partial charge >= 0.3 is 0 Å². The summed E-state index contributed by atoms with van der Waals surface area (Å²) in [6.07, 6.45) is 6.13. The van der Waals surface area contributed by atoms with Crippen LogP contribution in [0.25, 0.3) is 5.65 Å². The number of carbonyl (C=O) groups excluding carboxylic acids is 1. The predicted octanol–water partition coefficient (Wildman–Crippen LogP) is 2.37. The summed E-state index contributed by atoms with van der Waals surface area (Å²) in [4.78, 5) is 19.2. The summed E-state index contributed by atoms with van der Waals surface area (Å²) in [6, 6.07) is 10.4. The van der Waals surface area contributed by atoms with Crippen LogP contribution in [-0.2, 0) is 6.42 Å². The lowest BCUT2D eigenvalue weighted by Crippen LogP contribution is -3.13. The molecule has 0 bridgehead atoms. The van der Waals surface area contributed by atoms with E-state index in [2.05, 4.69) is 48.5 Å². The van der Waals surface area contributed by atoms with E-state index >= 15 is 0 Å². The van der Waals surface area contributed by atoms with E-state index in [0.717, 1.165) is 42.3 Å². The highest BCUT2D eigenvalue weighted by Gasteiger charge is 2.20. The molecule has 2 atom stereocenters. The second-order valence-corrected chi connectivity index (χ2v) is 9.03. The van der Waals surface area contributed by atoms with Crippen LogP contribution in [0, 0.1) is 19.8 Å². The molecule has 6 heteroatoms. The van der Waals surface area contributed by atoms with Gasteiger partial charge < -0.3 is 10.2 Å². The van der Waals surface area contributed by atoms with Crippen LogP contribution in [0.4, 0.5) is 0 Å². The molecule has 1 aliphatic heterocycles. The fourth-order valence-corrected chi connectivity index (χ4v) is 4.79. The molecule has 2 aromatic heterocycles. The zero-order valence-electron chi connectivity index (χ0n) is 18.9. The minimum absolute atomic E-state index is 0.0841. The van der Waals surface area contributed by atoms with Crippen molar-refractivity contribution in [1.29, 1.82) is 0 Å². The molecule has 4 rings (SSSR count). The molecule has 1 amide bonds. The highest BCUT2D eigenvalue weighted by molar-refractivity contribution is 5.99. The van der Waals surface area contributed by atoms with Crippen molar-refractivity contribution in [3.63, 3.8) is 0 Å². The molecule has 3 heterocycles. The number of carbonyl (C=O) groups is 1. The molecule has 1 fully saturated rings. The van der Waals surface area contributed by atoms with E-state index in [-0.39, 0.29) is 5.91 Å². The van der Waals surface area contributed by atoms with Crippen LogP contribution in [0.2, 0.25) is 0 Å². The van der Waals surface area contributed by atoms with Gasteiger partial charge in [-0.15, -0.1) is 0 Å². The van der Waals surface area contributed by atoms with Gasteiger partial charge in [0.25, 0.3) is 5.91 Å². The van der Waals surface area contributed by atoms with Gasteiger partial charge in [0.1, 0.15) is 5.56 Å². The van der Waals surface area contributed by atoms with Gasteiger partial charge in [0.2, 0.25) is 0 Å².